The Kier molecular flexibility index (Phi) is 5.50. The third-order valence-electron chi connectivity index (χ3n) is 2.69. The van der Waals surface area contributed by atoms with Crippen molar-refractivity contribution in [3.8, 4) is 0 Å². The highest BCUT2D eigenvalue weighted by molar-refractivity contribution is 7.98. The molecule has 0 aliphatic carbocycles. The molecule has 0 amide bonds. The number of benzene rings is 1. The summed E-state index contributed by atoms with van der Waals surface area (Å²) in [5.74, 6) is 1.33. The maximum absolute atomic E-state index is 13.5. The molecule has 0 bridgehead atoms. The predicted molar refractivity (Wildman–Crippen MR) is 78.4 cm³/mol. The van der Waals surface area contributed by atoms with E-state index in [1.165, 1.54) is 17.8 Å². The Labute approximate surface area is 127 Å². The van der Waals surface area contributed by atoms with Gasteiger partial charge in [-0.15, -0.1) is 11.8 Å². The lowest BCUT2D eigenvalue weighted by molar-refractivity contribution is -0.119. The number of nitrogens with zero attached hydrogens (tertiary/aromatic N) is 2. The maximum Gasteiger partial charge on any atom is 0.234 e. The molecule has 0 fully saturated rings. The van der Waals surface area contributed by atoms with Crippen molar-refractivity contribution in [2.45, 2.75) is 37.3 Å². The molecule has 1 heterocycles. The lowest BCUT2D eigenvalue weighted by Crippen LogP contribution is -2.06. The molecule has 0 unspecified atom stereocenters. The summed E-state index contributed by atoms with van der Waals surface area (Å²) in [6.45, 7) is 3.98. The van der Waals surface area contributed by atoms with E-state index in [1.54, 1.807) is 18.2 Å². The molecule has 0 N–H and O–H groups in total. The maximum atomic E-state index is 13.5. The average molecular weight is 308 g/mol. The second-order valence-electron chi connectivity index (χ2n) is 5.14. The highest BCUT2D eigenvalue weighted by Gasteiger charge is 2.13. The Bertz CT molecular complexity index is 613. The average Bonchev–Trinajstić information content (AvgIpc) is 2.84. The summed E-state index contributed by atoms with van der Waals surface area (Å²) in [6.07, 6.45) is 0.664. The molecule has 0 aliphatic heterocycles. The Morgan fingerprint density at radius 2 is 2.14 bits per heavy atom. The largest absolute Gasteiger partial charge is 0.339 e. The summed E-state index contributed by atoms with van der Waals surface area (Å²) in [4.78, 5) is 16.4. The van der Waals surface area contributed by atoms with Crippen molar-refractivity contribution in [1.82, 2.24) is 10.1 Å². The van der Waals surface area contributed by atoms with Gasteiger partial charge in [0.1, 0.15) is 11.6 Å². The van der Waals surface area contributed by atoms with E-state index >= 15 is 0 Å². The first-order chi connectivity index (χ1) is 10.0. The normalized spacial score (nSPS) is 11.0. The molecule has 0 radical (unpaired) electrons. The van der Waals surface area contributed by atoms with Crippen LogP contribution in [-0.2, 0) is 17.0 Å². The zero-order chi connectivity index (χ0) is 15.2. The van der Waals surface area contributed by atoms with Crippen LogP contribution in [0, 0.1) is 11.7 Å². The smallest absolute Gasteiger partial charge is 0.234 e. The van der Waals surface area contributed by atoms with Crippen molar-refractivity contribution in [3.05, 3.63) is 41.8 Å². The molecule has 2 aromatic rings. The van der Waals surface area contributed by atoms with Gasteiger partial charge in [-0.25, -0.2) is 4.39 Å². The number of thioether (sulfide) groups is 1. The van der Waals surface area contributed by atoms with Crippen LogP contribution in [0.25, 0.3) is 0 Å². The third-order valence-corrected chi connectivity index (χ3v) is 3.73. The molecule has 2 rings (SSSR count). The minimum absolute atomic E-state index is 0.0851. The van der Waals surface area contributed by atoms with Crippen molar-refractivity contribution in [2.24, 2.45) is 5.92 Å². The number of rotatable bonds is 7. The van der Waals surface area contributed by atoms with Crippen molar-refractivity contribution in [2.75, 3.05) is 0 Å². The molecule has 0 saturated heterocycles. The molecule has 1 aromatic carbocycles. The van der Waals surface area contributed by atoms with Crippen LogP contribution >= 0.6 is 11.8 Å². The molecule has 112 valence electrons. The fourth-order valence-corrected chi connectivity index (χ4v) is 2.60. The number of Topliss-reactive ketones (excluding diaryl/α,β-unsaturated/α-hetero) is 1. The molecule has 21 heavy (non-hydrogen) atoms. The van der Waals surface area contributed by atoms with Gasteiger partial charge in [0.2, 0.25) is 5.89 Å². The van der Waals surface area contributed by atoms with Gasteiger partial charge < -0.3 is 4.52 Å². The van der Waals surface area contributed by atoms with Crippen LogP contribution in [0.3, 0.4) is 0 Å². The molecule has 0 saturated carbocycles. The molecule has 0 aliphatic rings. The highest BCUT2D eigenvalue weighted by Crippen LogP contribution is 2.24. The van der Waals surface area contributed by atoms with Crippen molar-refractivity contribution in [3.63, 3.8) is 0 Å². The van der Waals surface area contributed by atoms with Crippen LogP contribution in [-0.4, -0.2) is 15.9 Å². The molecule has 4 nitrogen and oxygen atoms in total. The van der Waals surface area contributed by atoms with Crippen LogP contribution in [0.15, 0.2) is 33.7 Å². The summed E-state index contributed by atoms with van der Waals surface area (Å²) in [6, 6.07) is 6.53. The van der Waals surface area contributed by atoms with Crippen molar-refractivity contribution < 1.29 is 13.7 Å². The van der Waals surface area contributed by atoms with Crippen LogP contribution in [0.1, 0.15) is 32.0 Å². The molecular weight excluding hydrogens is 291 g/mol. The van der Waals surface area contributed by atoms with E-state index in [0.29, 0.717) is 34.7 Å². The number of carbonyl (C=O) groups excluding carboxylic acids is 1. The zero-order valence-electron chi connectivity index (χ0n) is 12.0. The van der Waals surface area contributed by atoms with Gasteiger partial charge in [-0.3, -0.25) is 4.79 Å². The van der Waals surface area contributed by atoms with Crippen LogP contribution in [0.5, 0.6) is 0 Å². The monoisotopic (exact) mass is 308 g/mol. The van der Waals surface area contributed by atoms with E-state index in [9.17, 15) is 9.18 Å². The summed E-state index contributed by atoms with van der Waals surface area (Å²) in [7, 11) is 0. The fraction of sp³-hybridized carbons (Fsp3) is 0.400. The van der Waals surface area contributed by atoms with Gasteiger partial charge >= 0.3 is 0 Å². The Morgan fingerprint density at radius 1 is 1.38 bits per heavy atom. The molecule has 0 atom stereocenters. The first kappa shape index (κ1) is 15.7. The van der Waals surface area contributed by atoms with Gasteiger partial charge in [0.15, 0.2) is 5.82 Å². The van der Waals surface area contributed by atoms with E-state index in [-0.39, 0.29) is 18.0 Å². The number of halogens is 1. The SMILES string of the molecule is CC(C)CC(=O)Cc1nc(CSc2ccccc2F)no1. The summed E-state index contributed by atoms with van der Waals surface area (Å²) in [5.41, 5.74) is 0. The predicted octanol–water partition coefficient (Wildman–Crippen LogP) is 3.66. The zero-order valence-corrected chi connectivity index (χ0v) is 12.8. The van der Waals surface area contributed by atoms with Gasteiger partial charge in [0, 0.05) is 11.3 Å². The van der Waals surface area contributed by atoms with Gasteiger partial charge in [-0.1, -0.05) is 31.1 Å². The summed E-state index contributed by atoms with van der Waals surface area (Å²) in [5, 5.41) is 3.81. The Hall–Kier alpha value is -1.69. The van der Waals surface area contributed by atoms with E-state index in [2.05, 4.69) is 10.1 Å². The number of aromatic nitrogens is 2. The number of hydrogen-bond donors (Lipinski definition) is 0. The second-order valence-corrected chi connectivity index (χ2v) is 6.15. The van der Waals surface area contributed by atoms with E-state index < -0.39 is 0 Å². The lowest BCUT2D eigenvalue weighted by atomic mass is 10.1. The van der Waals surface area contributed by atoms with Crippen LogP contribution < -0.4 is 0 Å². The highest BCUT2D eigenvalue weighted by atomic mass is 32.2. The molecular formula is C15H17FN2O2S. The van der Waals surface area contributed by atoms with E-state index in [0.717, 1.165) is 0 Å². The minimum atomic E-state index is -0.265. The lowest BCUT2D eigenvalue weighted by Gasteiger charge is -2.00. The van der Waals surface area contributed by atoms with Gasteiger partial charge in [0.05, 0.1) is 12.2 Å². The number of carbonyl (C=O) groups is 1. The van der Waals surface area contributed by atoms with Crippen LogP contribution in [0.4, 0.5) is 4.39 Å². The molecule has 1 aromatic heterocycles. The van der Waals surface area contributed by atoms with Gasteiger partial charge in [-0.05, 0) is 18.1 Å². The quantitative estimate of drug-likeness (QED) is 0.731. The number of hydrogen-bond acceptors (Lipinski definition) is 5. The van der Waals surface area contributed by atoms with Crippen LogP contribution in [0.2, 0.25) is 0 Å². The topological polar surface area (TPSA) is 56.0 Å². The second kappa shape index (κ2) is 7.36. The van der Waals surface area contributed by atoms with Gasteiger partial charge in [-0.2, -0.15) is 4.98 Å². The fourth-order valence-electron chi connectivity index (χ4n) is 1.82. The summed E-state index contributed by atoms with van der Waals surface area (Å²) < 4.78 is 18.5. The summed E-state index contributed by atoms with van der Waals surface area (Å²) >= 11 is 1.30. The van der Waals surface area contributed by atoms with Gasteiger partial charge in [0.25, 0.3) is 0 Å². The standard InChI is InChI=1S/C15H17FN2O2S/c1-10(2)7-11(19)8-15-17-14(18-20-15)9-21-13-6-4-3-5-12(13)16/h3-6,10H,7-9H2,1-2H3. The number of ketones is 1. The van der Waals surface area contributed by atoms with E-state index in [4.69, 9.17) is 4.52 Å². The third kappa shape index (κ3) is 4.97. The van der Waals surface area contributed by atoms with Crippen molar-refractivity contribution in [1.29, 1.82) is 0 Å². The van der Waals surface area contributed by atoms with Crippen molar-refractivity contribution >= 4 is 17.5 Å². The first-order valence-corrected chi connectivity index (χ1v) is 7.73. The van der Waals surface area contributed by atoms with E-state index in [1.807, 2.05) is 13.8 Å². The molecule has 0 spiro atoms. The minimum Gasteiger partial charge on any atom is -0.339 e. The molecule has 6 heteroatoms. The Morgan fingerprint density at radius 3 is 2.86 bits per heavy atom. The first-order valence-electron chi connectivity index (χ1n) is 6.75. The Balaban J connectivity index is 1.89.